The summed E-state index contributed by atoms with van der Waals surface area (Å²) in [4.78, 5) is 1.13. The summed E-state index contributed by atoms with van der Waals surface area (Å²) >= 11 is 4.73. The van der Waals surface area contributed by atoms with Crippen LogP contribution in [-0.2, 0) is 14.8 Å². The van der Waals surface area contributed by atoms with Crippen molar-refractivity contribution in [3.05, 3.63) is 14.7 Å². The van der Waals surface area contributed by atoms with E-state index in [0.717, 1.165) is 8.66 Å². The second kappa shape index (κ2) is 4.86. The molecule has 0 amide bonds. The molecule has 4 nitrogen and oxygen atoms in total. The molecule has 2 rings (SSSR count). The highest BCUT2D eigenvalue weighted by Gasteiger charge is 2.41. The highest BCUT2D eigenvalue weighted by molar-refractivity contribution is 9.11. The summed E-state index contributed by atoms with van der Waals surface area (Å²) in [5, 5.41) is 0. The Morgan fingerprint density at radius 1 is 1.61 bits per heavy atom. The molecule has 2 unspecified atom stereocenters. The van der Waals surface area contributed by atoms with Gasteiger partial charge >= 0.3 is 0 Å². The average molecular weight is 354 g/mol. The third kappa shape index (κ3) is 2.65. The largest absolute Gasteiger partial charge is 0.376 e. The molecule has 0 saturated carbocycles. The molecule has 2 atom stereocenters. The zero-order valence-electron chi connectivity index (χ0n) is 10.5. The lowest BCUT2D eigenvalue weighted by molar-refractivity contribution is 0.0957. The van der Waals surface area contributed by atoms with Crippen LogP contribution in [0.3, 0.4) is 0 Å². The van der Waals surface area contributed by atoms with Crippen molar-refractivity contribution < 1.29 is 13.2 Å². The maximum Gasteiger partial charge on any atom is 0.242 e. The highest BCUT2D eigenvalue weighted by Crippen LogP contribution is 2.32. The number of thiophene rings is 1. The molecular formula is C11H16BrNO3S2. The van der Waals surface area contributed by atoms with Gasteiger partial charge in [0.25, 0.3) is 0 Å². The van der Waals surface area contributed by atoms with E-state index in [1.54, 1.807) is 13.0 Å². The van der Waals surface area contributed by atoms with Crippen molar-refractivity contribution in [2.75, 3.05) is 6.61 Å². The molecule has 1 N–H and O–H groups in total. The van der Waals surface area contributed by atoms with Crippen molar-refractivity contribution in [2.45, 2.75) is 43.7 Å². The number of nitrogens with one attached hydrogen (secondary N) is 1. The summed E-state index contributed by atoms with van der Waals surface area (Å²) in [6.45, 7) is 6.18. The molecule has 0 bridgehead atoms. The Bertz CT molecular complexity index is 555. The molecule has 0 aliphatic carbocycles. The smallest absolute Gasteiger partial charge is 0.242 e. The molecule has 0 aromatic carbocycles. The van der Waals surface area contributed by atoms with Crippen LogP contribution in [0.2, 0.25) is 0 Å². The fourth-order valence-electron chi connectivity index (χ4n) is 2.03. The van der Waals surface area contributed by atoms with Crippen LogP contribution in [0, 0.1) is 6.92 Å². The van der Waals surface area contributed by atoms with Gasteiger partial charge < -0.3 is 4.74 Å². The molecule has 102 valence electrons. The Morgan fingerprint density at radius 3 is 2.72 bits per heavy atom. The first-order chi connectivity index (χ1) is 8.24. The number of hydrogen-bond donors (Lipinski definition) is 1. The van der Waals surface area contributed by atoms with E-state index in [1.165, 1.54) is 11.3 Å². The van der Waals surface area contributed by atoms with Gasteiger partial charge in [-0.15, -0.1) is 11.3 Å². The number of rotatable bonds is 3. The molecule has 1 aromatic rings. The van der Waals surface area contributed by atoms with Gasteiger partial charge in [-0.05, 0) is 49.2 Å². The minimum atomic E-state index is -3.49. The monoisotopic (exact) mass is 353 g/mol. The van der Waals surface area contributed by atoms with E-state index in [2.05, 4.69) is 20.7 Å². The van der Waals surface area contributed by atoms with E-state index in [4.69, 9.17) is 4.74 Å². The van der Waals surface area contributed by atoms with Gasteiger partial charge in [-0.25, -0.2) is 13.1 Å². The second-order valence-electron chi connectivity index (χ2n) is 4.76. The third-order valence-corrected chi connectivity index (χ3v) is 6.81. The SMILES string of the molecule is Cc1sc(Br)cc1S(=O)(=O)NC1(C)CCOC1C. The third-order valence-electron chi connectivity index (χ3n) is 3.39. The zero-order chi connectivity index (χ0) is 13.6. The van der Waals surface area contributed by atoms with E-state index < -0.39 is 15.6 Å². The normalized spacial score (nSPS) is 28.8. The number of hydrogen-bond acceptors (Lipinski definition) is 4. The molecule has 0 spiro atoms. The number of aryl methyl sites for hydroxylation is 1. The fraction of sp³-hybridized carbons (Fsp3) is 0.636. The van der Waals surface area contributed by atoms with Gasteiger partial charge in [-0.3, -0.25) is 0 Å². The Balaban J connectivity index is 2.30. The van der Waals surface area contributed by atoms with Crippen LogP contribution in [0.15, 0.2) is 14.7 Å². The standard InChI is InChI=1S/C11H16BrNO3S2/c1-7-9(6-10(12)17-7)18(14,15)13-11(3)4-5-16-8(11)2/h6,8,13H,4-5H2,1-3H3. The first kappa shape index (κ1) is 14.5. The van der Waals surface area contributed by atoms with Gasteiger partial charge in [-0.1, -0.05) is 0 Å². The molecule has 7 heteroatoms. The van der Waals surface area contributed by atoms with Gasteiger partial charge in [0.1, 0.15) is 0 Å². The maximum absolute atomic E-state index is 12.4. The maximum atomic E-state index is 12.4. The minimum absolute atomic E-state index is 0.116. The van der Waals surface area contributed by atoms with E-state index in [-0.39, 0.29) is 6.10 Å². The Morgan fingerprint density at radius 2 is 2.28 bits per heavy atom. The number of halogens is 1. The van der Waals surface area contributed by atoms with Crippen molar-refractivity contribution >= 4 is 37.3 Å². The van der Waals surface area contributed by atoms with Gasteiger partial charge in [0, 0.05) is 11.5 Å². The van der Waals surface area contributed by atoms with Crippen molar-refractivity contribution in [1.82, 2.24) is 4.72 Å². The van der Waals surface area contributed by atoms with Crippen molar-refractivity contribution in [3.8, 4) is 0 Å². The van der Waals surface area contributed by atoms with Crippen LogP contribution in [-0.4, -0.2) is 26.7 Å². The summed E-state index contributed by atoms with van der Waals surface area (Å²) in [6.07, 6.45) is 0.576. The summed E-state index contributed by atoms with van der Waals surface area (Å²) < 4.78 is 33.8. The Labute approximate surface area is 120 Å². The van der Waals surface area contributed by atoms with Crippen LogP contribution in [0.4, 0.5) is 0 Å². The van der Waals surface area contributed by atoms with Crippen LogP contribution < -0.4 is 4.72 Å². The summed E-state index contributed by atoms with van der Waals surface area (Å²) in [7, 11) is -3.49. The molecule has 18 heavy (non-hydrogen) atoms. The lowest BCUT2D eigenvalue weighted by Gasteiger charge is -2.28. The van der Waals surface area contributed by atoms with Gasteiger partial charge in [0.15, 0.2) is 0 Å². The van der Waals surface area contributed by atoms with E-state index in [0.29, 0.717) is 17.9 Å². The van der Waals surface area contributed by atoms with Crippen LogP contribution in [0.25, 0.3) is 0 Å². The first-order valence-corrected chi connectivity index (χ1v) is 8.75. The lowest BCUT2D eigenvalue weighted by Crippen LogP contribution is -2.50. The van der Waals surface area contributed by atoms with Gasteiger partial charge in [0.2, 0.25) is 10.0 Å². The number of sulfonamides is 1. The second-order valence-corrected chi connectivity index (χ2v) is 9.04. The Hall–Kier alpha value is 0.0500. The molecule has 1 aliphatic heterocycles. The van der Waals surface area contributed by atoms with Crippen molar-refractivity contribution in [1.29, 1.82) is 0 Å². The first-order valence-electron chi connectivity index (χ1n) is 5.66. The predicted octanol–water partition coefficient (Wildman–Crippen LogP) is 2.66. The summed E-state index contributed by atoms with van der Waals surface area (Å²) in [5.74, 6) is 0. The molecule has 1 aliphatic rings. The molecule has 1 saturated heterocycles. The van der Waals surface area contributed by atoms with Crippen LogP contribution in [0.5, 0.6) is 0 Å². The summed E-state index contributed by atoms with van der Waals surface area (Å²) in [6, 6.07) is 1.65. The highest BCUT2D eigenvalue weighted by atomic mass is 79.9. The van der Waals surface area contributed by atoms with Crippen LogP contribution in [0.1, 0.15) is 25.1 Å². The van der Waals surface area contributed by atoms with Crippen molar-refractivity contribution in [3.63, 3.8) is 0 Å². The van der Waals surface area contributed by atoms with E-state index >= 15 is 0 Å². The fourth-order valence-corrected chi connectivity index (χ4v) is 5.94. The quantitative estimate of drug-likeness (QED) is 0.908. The summed E-state index contributed by atoms with van der Waals surface area (Å²) in [5.41, 5.74) is -0.528. The molecule has 1 aromatic heterocycles. The number of ether oxygens (including phenoxy) is 1. The topological polar surface area (TPSA) is 55.4 Å². The average Bonchev–Trinajstić information content (AvgIpc) is 2.71. The van der Waals surface area contributed by atoms with Crippen LogP contribution >= 0.6 is 27.3 Å². The molecule has 0 radical (unpaired) electrons. The molecular weight excluding hydrogens is 338 g/mol. The van der Waals surface area contributed by atoms with Gasteiger partial charge in [-0.2, -0.15) is 0 Å². The zero-order valence-corrected chi connectivity index (χ0v) is 13.7. The lowest BCUT2D eigenvalue weighted by atomic mass is 9.97. The van der Waals surface area contributed by atoms with E-state index in [1.807, 2.05) is 13.8 Å². The predicted molar refractivity (Wildman–Crippen MR) is 75.5 cm³/mol. The van der Waals surface area contributed by atoms with Crippen molar-refractivity contribution in [2.24, 2.45) is 0 Å². The Kier molecular flexibility index (Phi) is 3.91. The minimum Gasteiger partial charge on any atom is -0.376 e. The molecule has 1 fully saturated rings. The van der Waals surface area contributed by atoms with E-state index in [9.17, 15) is 8.42 Å². The van der Waals surface area contributed by atoms with Gasteiger partial charge in [0.05, 0.1) is 20.3 Å². The molecule has 2 heterocycles.